The molecule has 0 unspecified atom stereocenters. The molecular weight excluding hydrogens is 276 g/mol. The van der Waals surface area contributed by atoms with Gasteiger partial charge in [0.2, 0.25) is 0 Å². The van der Waals surface area contributed by atoms with Crippen LogP contribution in [0.1, 0.15) is 45.3 Å². The van der Waals surface area contributed by atoms with Gasteiger partial charge < -0.3 is 5.32 Å². The minimum Gasteiger partial charge on any atom is -0.306 e. The van der Waals surface area contributed by atoms with E-state index in [1.54, 1.807) is 0 Å². The molecule has 0 fully saturated rings. The molecule has 2 nitrogen and oxygen atoms in total. The Labute approximate surface area is 132 Å². The van der Waals surface area contributed by atoms with E-state index in [1.165, 1.54) is 21.1 Å². The highest BCUT2D eigenvalue weighted by atomic mass is 32.1. The fourth-order valence-corrected chi connectivity index (χ4v) is 3.42. The third-order valence-electron chi connectivity index (χ3n) is 3.15. The van der Waals surface area contributed by atoms with Gasteiger partial charge in [-0.3, -0.25) is 0 Å². The van der Waals surface area contributed by atoms with Gasteiger partial charge in [0.1, 0.15) is 0 Å². The van der Waals surface area contributed by atoms with E-state index in [1.807, 2.05) is 11.3 Å². The number of aromatic nitrogens is 1. The first-order valence-electron chi connectivity index (χ1n) is 7.64. The Morgan fingerprint density at radius 2 is 1.81 bits per heavy atom. The third-order valence-corrected chi connectivity index (χ3v) is 4.32. The quantitative estimate of drug-likeness (QED) is 0.850. The van der Waals surface area contributed by atoms with Crippen LogP contribution < -0.4 is 5.32 Å². The van der Waals surface area contributed by atoms with Gasteiger partial charge in [0.25, 0.3) is 0 Å². The highest BCUT2D eigenvalue weighted by Gasteiger charge is 2.16. The van der Waals surface area contributed by atoms with E-state index in [2.05, 4.69) is 70.3 Å². The second-order valence-corrected chi connectivity index (χ2v) is 8.03. The first kappa shape index (κ1) is 16.2. The Morgan fingerprint density at radius 3 is 2.38 bits per heavy atom. The molecule has 1 N–H and O–H groups in total. The fraction of sp³-hybridized carbons (Fsp3) is 0.500. The van der Waals surface area contributed by atoms with Gasteiger partial charge in [-0.05, 0) is 32.3 Å². The summed E-state index contributed by atoms with van der Waals surface area (Å²) in [4.78, 5) is 6.19. The summed E-state index contributed by atoms with van der Waals surface area (Å²) in [5.41, 5.74) is 2.56. The van der Waals surface area contributed by atoms with Gasteiger partial charge >= 0.3 is 0 Å². The number of nitrogens with one attached hydrogen (secondary N) is 1. The van der Waals surface area contributed by atoms with E-state index in [9.17, 15) is 0 Å². The lowest BCUT2D eigenvalue weighted by Gasteiger charge is -2.20. The van der Waals surface area contributed by atoms with Crippen molar-refractivity contribution in [3.63, 3.8) is 0 Å². The van der Waals surface area contributed by atoms with Crippen LogP contribution >= 0.6 is 11.3 Å². The molecule has 3 heteroatoms. The average molecular weight is 302 g/mol. The highest BCUT2D eigenvalue weighted by molar-refractivity contribution is 7.15. The van der Waals surface area contributed by atoms with Gasteiger partial charge in [0.05, 0.1) is 15.6 Å². The van der Waals surface area contributed by atoms with Gasteiger partial charge in [0, 0.05) is 18.5 Å². The van der Waals surface area contributed by atoms with E-state index < -0.39 is 0 Å². The SMILES string of the molecule is CC(C)Cc1nc(CNC(C)(C)C)c(-c2ccccc2)s1. The zero-order valence-corrected chi connectivity index (χ0v) is 14.6. The molecule has 0 saturated carbocycles. The van der Waals surface area contributed by atoms with Gasteiger partial charge in [-0.15, -0.1) is 11.3 Å². The molecule has 0 amide bonds. The monoisotopic (exact) mass is 302 g/mol. The second kappa shape index (κ2) is 6.71. The van der Waals surface area contributed by atoms with Crippen LogP contribution in [0.25, 0.3) is 10.4 Å². The van der Waals surface area contributed by atoms with Gasteiger partial charge in [-0.1, -0.05) is 44.2 Å². The Kier molecular flexibility index (Phi) is 5.17. The van der Waals surface area contributed by atoms with Gasteiger partial charge in [0.15, 0.2) is 0 Å². The zero-order chi connectivity index (χ0) is 15.5. The molecule has 1 heterocycles. The maximum absolute atomic E-state index is 4.89. The molecule has 21 heavy (non-hydrogen) atoms. The number of hydrogen-bond acceptors (Lipinski definition) is 3. The molecule has 0 bridgehead atoms. The van der Waals surface area contributed by atoms with Crippen molar-refractivity contribution in [2.24, 2.45) is 5.92 Å². The van der Waals surface area contributed by atoms with E-state index >= 15 is 0 Å². The van der Waals surface area contributed by atoms with E-state index in [0.29, 0.717) is 5.92 Å². The second-order valence-electron chi connectivity index (χ2n) is 6.95. The molecule has 1 aromatic heterocycles. The van der Waals surface area contributed by atoms with E-state index in [0.717, 1.165) is 13.0 Å². The van der Waals surface area contributed by atoms with Crippen molar-refractivity contribution in [3.8, 4) is 10.4 Å². The summed E-state index contributed by atoms with van der Waals surface area (Å²) < 4.78 is 0. The summed E-state index contributed by atoms with van der Waals surface area (Å²) in [6.07, 6.45) is 1.06. The molecule has 1 aromatic carbocycles. The maximum atomic E-state index is 4.89. The maximum Gasteiger partial charge on any atom is 0.0937 e. The third kappa shape index (κ3) is 4.94. The van der Waals surface area contributed by atoms with Crippen LogP contribution in [-0.4, -0.2) is 10.5 Å². The molecular formula is C18H26N2S. The molecule has 2 rings (SSSR count). The number of nitrogens with zero attached hydrogens (tertiary/aromatic N) is 1. The Morgan fingerprint density at radius 1 is 1.14 bits per heavy atom. The standard InChI is InChI=1S/C18H26N2S/c1-13(2)11-16-20-15(12-19-18(3,4)5)17(21-16)14-9-7-6-8-10-14/h6-10,13,19H,11-12H2,1-5H3. The molecule has 0 radical (unpaired) electrons. The van der Waals surface area contributed by atoms with Crippen molar-refractivity contribution in [1.82, 2.24) is 10.3 Å². The van der Waals surface area contributed by atoms with Crippen LogP contribution in [0.3, 0.4) is 0 Å². The van der Waals surface area contributed by atoms with Gasteiger partial charge in [-0.25, -0.2) is 4.98 Å². The minimum atomic E-state index is 0.107. The Hall–Kier alpha value is -1.19. The molecule has 0 aliphatic heterocycles. The number of rotatable bonds is 5. The Balaban J connectivity index is 2.30. The van der Waals surface area contributed by atoms with E-state index in [-0.39, 0.29) is 5.54 Å². The van der Waals surface area contributed by atoms with Crippen molar-refractivity contribution in [2.75, 3.05) is 0 Å². The summed E-state index contributed by atoms with van der Waals surface area (Å²) in [7, 11) is 0. The van der Waals surface area contributed by atoms with Crippen LogP contribution in [0, 0.1) is 5.92 Å². The number of benzene rings is 1. The van der Waals surface area contributed by atoms with Crippen LogP contribution in [0.15, 0.2) is 30.3 Å². The topological polar surface area (TPSA) is 24.9 Å². The molecule has 0 atom stereocenters. The molecule has 0 aliphatic rings. The van der Waals surface area contributed by atoms with Crippen molar-refractivity contribution in [1.29, 1.82) is 0 Å². The van der Waals surface area contributed by atoms with Crippen molar-refractivity contribution >= 4 is 11.3 Å². The molecule has 0 aliphatic carbocycles. The van der Waals surface area contributed by atoms with Crippen LogP contribution in [0.4, 0.5) is 0 Å². The molecule has 0 spiro atoms. The van der Waals surface area contributed by atoms with Crippen molar-refractivity contribution in [2.45, 2.75) is 53.1 Å². The largest absolute Gasteiger partial charge is 0.306 e. The fourth-order valence-electron chi connectivity index (χ4n) is 2.12. The summed E-state index contributed by atoms with van der Waals surface area (Å²) in [6.45, 7) is 11.9. The van der Waals surface area contributed by atoms with Crippen LogP contribution in [0.5, 0.6) is 0 Å². The lowest BCUT2D eigenvalue weighted by atomic mass is 10.1. The molecule has 0 saturated heterocycles. The predicted molar refractivity (Wildman–Crippen MR) is 92.7 cm³/mol. The normalized spacial score (nSPS) is 12.1. The van der Waals surface area contributed by atoms with Crippen LogP contribution in [0.2, 0.25) is 0 Å². The first-order chi connectivity index (χ1) is 9.85. The average Bonchev–Trinajstić information content (AvgIpc) is 2.79. The smallest absolute Gasteiger partial charge is 0.0937 e. The Bertz CT molecular complexity index is 565. The van der Waals surface area contributed by atoms with Crippen molar-refractivity contribution < 1.29 is 0 Å². The van der Waals surface area contributed by atoms with Gasteiger partial charge in [-0.2, -0.15) is 0 Å². The summed E-state index contributed by atoms with van der Waals surface area (Å²) in [6, 6.07) is 10.6. The van der Waals surface area contributed by atoms with Crippen molar-refractivity contribution in [3.05, 3.63) is 41.0 Å². The summed E-state index contributed by atoms with van der Waals surface area (Å²) in [5.74, 6) is 0.642. The van der Waals surface area contributed by atoms with E-state index in [4.69, 9.17) is 4.98 Å². The predicted octanol–water partition coefficient (Wildman–Crippen LogP) is 4.90. The minimum absolute atomic E-state index is 0.107. The first-order valence-corrected chi connectivity index (χ1v) is 8.46. The lowest BCUT2D eigenvalue weighted by molar-refractivity contribution is 0.422. The summed E-state index contributed by atoms with van der Waals surface area (Å²) in [5, 5.41) is 4.80. The summed E-state index contributed by atoms with van der Waals surface area (Å²) >= 11 is 1.84. The van der Waals surface area contributed by atoms with Crippen LogP contribution in [-0.2, 0) is 13.0 Å². The highest BCUT2D eigenvalue weighted by Crippen LogP contribution is 2.31. The zero-order valence-electron chi connectivity index (χ0n) is 13.7. The number of thiazole rings is 1. The number of hydrogen-bond donors (Lipinski definition) is 1. The molecule has 2 aromatic rings. The molecule has 114 valence electrons. The lowest BCUT2D eigenvalue weighted by Crippen LogP contribution is -2.35.